The maximum Gasteiger partial charge on any atom is 0.178 e. The lowest BCUT2D eigenvalue weighted by atomic mass is 10.0. The first kappa shape index (κ1) is 16.7. The lowest BCUT2D eigenvalue weighted by Crippen LogP contribution is -2.29. The second-order valence-electron chi connectivity index (χ2n) is 6.82. The summed E-state index contributed by atoms with van der Waals surface area (Å²) in [5, 5.41) is 12.6. The molecule has 26 heavy (non-hydrogen) atoms. The SMILES string of the molecule is CN(c1ccccc1)[C@H](c1ccc(F)cc1)c1nnnn1C1CCCC1. The van der Waals surface area contributed by atoms with Crippen molar-refractivity contribution in [2.75, 3.05) is 11.9 Å². The molecule has 0 bridgehead atoms. The largest absolute Gasteiger partial charge is 0.360 e. The van der Waals surface area contributed by atoms with Crippen LogP contribution in [0.5, 0.6) is 0 Å². The highest BCUT2D eigenvalue weighted by Gasteiger charge is 2.30. The van der Waals surface area contributed by atoms with E-state index < -0.39 is 0 Å². The van der Waals surface area contributed by atoms with Crippen LogP contribution in [-0.4, -0.2) is 27.3 Å². The Kier molecular flexibility index (Phi) is 4.65. The maximum atomic E-state index is 13.5. The zero-order valence-electron chi connectivity index (χ0n) is 14.8. The summed E-state index contributed by atoms with van der Waals surface area (Å²) in [5.41, 5.74) is 2.02. The predicted octanol–water partition coefficient (Wildman–Crippen LogP) is 4.15. The van der Waals surface area contributed by atoms with E-state index in [9.17, 15) is 4.39 Å². The van der Waals surface area contributed by atoms with Crippen molar-refractivity contribution >= 4 is 5.69 Å². The third kappa shape index (κ3) is 3.19. The fourth-order valence-electron chi connectivity index (χ4n) is 3.79. The van der Waals surface area contributed by atoms with Gasteiger partial charge in [-0.2, -0.15) is 0 Å². The summed E-state index contributed by atoms with van der Waals surface area (Å²) in [6.07, 6.45) is 4.62. The van der Waals surface area contributed by atoms with Gasteiger partial charge >= 0.3 is 0 Å². The number of hydrogen-bond donors (Lipinski definition) is 0. The van der Waals surface area contributed by atoms with Crippen molar-refractivity contribution in [1.82, 2.24) is 20.2 Å². The molecule has 134 valence electrons. The van der Waals surface area contributed by atoms with Gasteiger partial charge < -0.3 is 4.90 Å². The minimum atomic E-state index is -0.245. The normalized spacial score (nSPS) is 15.9. The Bertz CT molecular complexity index is 840. The number of aromatic nitrogens is 4. The fourth-order valence-corrected chi connectivity index (χ4v) is 3.79. The molecule has 0 saturated heterocycles. The average Bonchev–Trinajstić information content (AvgIpc) is 3.35. The lowest BCUT2D eigenvalue weighted by Gasteiger charge is -2.30. The number of nitrogens with zero attached hydrogens (tertiary/aromatic N) is 5. The van der Waals surface area contributed by atoms with E-state index in [0.717, 1.165) is 29.9 Å². The van der Waals surface area contributed by atoms with E-state index in [1.54, 1.807) is 0 Å². The molecule has 1 saturated carbocycles. The molecule has 1 aliphatic carbocycles. The molecule has 6 heteroatoms. The number of benzene rings is 2. The van der Waals surface area contributed by atoms with Gasteiger partial charge in [0, 0.05) is 12.7 Å². The van der Waals surface area contributed by atoms with Crippen molar-refractivity contribution in [2.24, 2.45) is 0 Å². The van der Waals surface area contributed by atoms with E-state index in [0.29, 0.717) is 6.04 Å². The van der Waals surface area contributed by atoms with Crippen molar-refractivity contribution < 1.29 is 4.39 Å². The first-order valence-corrected chi connectivity index (χ1v) is 9.05. The molecule has 0 amide bonds. The van der Waals surface area contributed by atoms with Crippen molar-refractivity contribution in [1.29, 1.82) is 0 Å². The quantitative estimate of drug-likeness (QED) is 0.693. The summed E-state index contributed by atoms with van der Waals surface area (Å²) in [6.45, 7) is 0. The third-order valence-corrected chi connectivity index (χ3v) is 5.17. The van der Waals surface area contributed by atoms with Gasteiger partial charge in [0.1, 0.15) is 11.9 Å². The number of rotatable bonds is 5. The molecule has 1 aromatic heterocycles. The zero-order chi connectivity index (χ0) is 17.9. The number of anilines is 1. The molecule has 5 nitrogen and oxygen atoms in total. The van der Waals surface area contributed by atoms with Crippen molar-refractivity contribution in [3.8, 4) is 0 Å². The van der Waals surface area contributed by atoms with E-state index >= 15 is 0 Å². The van der Waals surface area contributed by atoms with Crippen LogP contribution in [0.2, 0.25) is 0 Å². The zero-order valence-corrected chi connectivity index (χ0v) is 14.8. The lowest BCUT2D eigenvalue weighted by molar-refractivity contribution is 0.429. The molecule has 4 rings (SSSR count). The molecule has 0 aliphatic heterocycles. The number of para-hydroxylation sites is 1. The number of halogens is 1. The Morgan fingerprint density at radius 2 is 1.73 bits per heavy atom. The molecule has 0 radical (unpaired) electrons. The van der Waals surface area contributed by atoms with Gasteiger partial charge in [-0.1, -0.05) is 43.2 Å². The Hall–Kier alpha value is -2.76. The van der Waals surface area contributed by atoms with E-state index in [1.165, 1.54) is 25.0 Å². The van der Waals surface area contributed by atoms with Gasteiger partial charge in [-0.05, 0) is 53.1 Å². The van der Waals surface area contributed by atoms with Gasteiger partial charge in [0.15, 0.2) is 5.82 Å². The number of tetrazole rings is 1. The van der Waals surface area contributed by atoms with E-state index in [1.807, 2.05) is 42.1 Å². The summed E-state index contributed by atoms with van der Waals surface area (Å²) < 4.78 is 15.5. The van der Waals surface area contributed by atoms with Gasteiger partial charge in [-0.15, -0.1) is 5.10 Å². The van der Waals surface area contributed by atoms with Crippen LogP contribution in [-0.2, 0) is 0 Å². The third-order valence-electron chi connectivity index (χ3n) is 5.17. The smallest absolute Gasteiger partial charge is 0.178 e. The van der Waals surface area contributed by atoms with Crippen LogP contribution in [0.25, 0.3) is 0 Å². The molecule has 2 aromatic carbocycles. The molecule has 1 atom stereocenters. The fraction of sp³-hybridized carbons (Fsp3) is 0.350. The Morgan fingerprint density at radius 3 is 2.42 bits per heavy atom. The summed E-state index contributed by atoms with van der Waals surface area (Å²) in [4.78, 5) is 2.14. The molecule has 0 spiro atoms. The van der Waals surface area contributed by atoms with Crippen LogP contribution in [0.3, 0.4) is 0 Å². The molecule has 1 fully saturated rings. The molecule has 1 aliphatic rings. The first-order chi connectivity index (χ1) is 12.7. The highest BCUT2D eigenvalue weighted by Crippen LogP contribution is 2.35. The summed E-state index contributed by atoms with van der Waals surface area (Å²) in [7, 11) is 2.02. The van der Waals surface area contributed by atoms with E-state index in [4.69, 9.17) is 0 Å². The molecule has 0 N–H and O–H groups in total. The minimum Gasteiger partial charge on any atom is -0.360 e. The van der Waals surface area contributed by atoms with E-state index in [2.05, 4.69) is 32.6 Å². The minimum absolute atomic E-state index is 0.186. The Labute approximate surface area is 152 Å². The van der Waals surface area contributed by atoms with Crippen LogP contribution in [0.15, 0.2) is 54.6 Å². The highest BCUT2D eigenvalue weighted by atomic mass is 19.1. The van der Waals surface area contributed by atoms with Gasteiger partial charge in [0.25, 0.3) is 0 Å². The maximum absolute atomic E-state index is 13.5. The van der Waals surface area contributed by atoms with Crippen LogP contribution < -0.4 is 4.90 Å². The summed E-state index contributed by atoms with van der Waals surface area (Å²) in [6, 6.07) is 16.9. The summed E-state index contributed by atoms with van der Waals surface area (Å²) in [5.74, 6) is 0.556. The predicted molar refractivity (Wildman–Crippen MR) is 98.4 cm³/mol. The van der Waals surface area contributed by atoms with Crippen molar-refractivity contribution in [3.05, 3.63) is 71.8 Å². The second kappa shape index (κ2) is 7.23. The highest BCUT2D eigenvalue weighted by molar-refractivity contribution is 5.50. The van der Waals surface area contributed by atoms with Crippen molar-refractivity contribution in [3.63, 3.8) is 0 Å². The standard InChI is InChI=1S/C20H22FN5/c1-25(17-7-3-2-4-8-17)19(15-11-13-16(21)14-12-15)20-22-23-24-26(20)18-9-5-6-10-18/h2-4,7-8,11-14,18-19H,5-6,9-10H2,1H3/t19-/m1/s1. The molecule has 0 unspecified atom stereocenters. The Balaban J connectivity index is 1.78. The molecule has 3 aromatic rings. The molecule has 1 heterocycles. The topological polar surface area (TPSA) is 46.8 Å². The monoisotopic (exact) mass is 351 g/mol. The average molecular weight is 351 g/mol. The van der Waals surface area contributed by atoms with Gasteiger partial charge in [0.05, 0.1) is 6.04 Å². The van der Waals surface area contributed by atoms with Gasteiger partial charge in [-0.25, -0.2) is 9.07 Å². The first-order valence-electron chi connectivity index (χ1n) is 9.05. The summed E-state index contributed by atoms with van der Waals surface area (Å²) >= 11 is 0. The molecular formula is C20H22FN5. The van der Waals surface area contributed by atoms with Crippen LogP contribution in [0, 0.1) is 5.82 Å². The van der Waals surface area contributed by atoms with E-state index in [-0.39, 0.29) is 11.9 Å². The van der Waals surface area contributed by atoms with Crippen LogP contribution >= 0.6 is 0 Å². The Morgan fingerprint density at radius 1 is 1.04 bits per heavy atom. The molecular weight excluding hydrogens is 329 g/mol. The van der Waals surface area contributed by atoms with Crippen LogP contribution in [0.1, 0.15) is 49.2 Å². The van der Waals surface area contributed by atoms with Gasteiger partial charge in [0.2, 0.25) is 0 Å². The van der Waals surface area contributed by atoms with Crippen molar-refractivity contribution in [2.45, 2.75) is 37.8 Å². The second-order valence-corrected chi connectivity index (χ2v) is 6.82. The van der Waals surface area contributed by atoms with Crippen LogP contribution in [0.4, 0.5) is 10.1 Å². The number of hydrogen-bond acceptors (Lipinski definition) is 4. The van der Waals surface area contributed by atoms with Gasteiger partial charge in [-0.3, -0.25) is 0 Å².